The van der Waals surface area contributed by atoms with Crippen LogP contribution in [-0.4, -0.2) is 31.3 Å². The highest BCUT2D eigenvalue weighted by molar-refractivity contribution is 5.81. The number of carboxylic acid groups (broad SMARTS) is 1. The van der Waals surface area contributed by atoms with Gasteiger partial charge in [0.05, 0.1) is 6.61 Å². The third kappa shape index (κ3) is 4.32. The Labute approximate surface area is 121 Å². The second kappa shape index (κ2) is 8.72. The number of unbranched alkanes of at least 4 members (excludes halogenated alkanes) is 3. The van der Waals surface area contributed by atoms with E-state index in [9.17, 15) is 9.90 Å². The molecule has 0 saturated heterocycles. The van der Waals surface area contributed by atoms with Gasteiger partial charge in [-0.3, -0.25) is 5.32 Å². The first-order chi connectivity index (χ1) is 9.67. The molecule has 4 nitrogen and oxygen atoms in total. The average molecular weight is 279 g/mol. The van der Waals surface area contributed by atoms with Crippen LogP contribution in [-0.2, 0) is 15.1 Å². The second-order valence-electron chi connectivity index (χ2n) is 4.94. The fourth-order valence-electron chi connectivity index (χ4n) is 2.17. The molecule has 0 fully saturated rings. The lowest BCUT2D eigenvalue weighted by atomic mass is 9.91. The third-order valence-corrected chi connectivity index (χ3v) is 3.52. The van der Waals surface area contributed by atoms with Crippen molar-refractivity contribution >= 4 is 5.97 Å². The number of nitrogens with one attached hydrogen (secondary N) is 1. The van der Waals surface area contributed by atoms with Gasteiger partial charge in [-0.05, 0) is 19.0 Å². The number of rotatable bonds is 10. The molecule has 1 aromatic rings. The Morgan fingerprint density at radius 3 is 2.50 bits per heavy atom. The minimum atomic E-state index is -1.17. The summed E-state index contributed by atoms with van der Waals surface area (Å²) in [5.41, 5.74) is -0.463. The van der Waals surface area contributed by atoms with E-state index in [1.165, 1.54) is 12.8 Å². The maximum absolute atomic E-state index is 11.7. The van der Waals surface area contributed by atoms with Crippen molar-refractivity contribution in [3.63, 3.8) is 0 Å². The lowest BCUT2D eigenvalue weighted by molar-refractivity contribution is -0.148. The van der Waals surface area contributed by atoms with Crippen LogP contribution in [0.3, 0.4) is 0 Å². The van der Waals surface area contributed by atoms with E-state index >= 15 is 0 Å². The first-order valence-corrected chi connectivity index (χ1v) is 7.23. The molecular formula is C16H25NO3. The molecule has 0 aliphatic carbocycles. The van der Waals surface area contributed by atoms with Crippen molar-refractivity contribution in [2.45, 2.75) is 38.1 Å². The molecule has 1 rings (SSSR count). The summed E-state index contributed by atoms with van der Waals surface area (Å²) in [5, 5.41) is 12.5. The molecule has 2 N–H and O–H groups in total. The van der Waals surface area contributed by atoms with E-state index in [-0.39, 0.29) is 6.61 Å². The molecular weight excluding hydrogens is 254 g/mol. The molecule has 0 spiro atoms. The quantitative estimate of drug-likeness (QED) is 0.647. The molecule has 1 unspecified atom stereocenters. The monoisotopic (exact) mass is 279 g/mol. The van der Waals surface area contributed by atoms with Gasteiger partial charge in [0.25, 0.3) is 0 Å². The highest BCUT2D eigenvalue weighted by atomic mass is 16.5. The van der Waals surface area contributed by atoms with Crippen LogP contribution in [0.1, 0.15) is 38.2 Å². The lowest BCUT2D eigenvalue weighted by Gasteiger charge is -2.29. The largest absolute Gasteiger partial charge is 0.480 e. The highest BCUT2D eigenvalue weighted by Gasteiger charge is 2.39. The molecule has 0 aromatic heterocycles. The number of aliphatic carboxylic acids is 1. The van der Waals surface area contributed by atoms with E-state index in [2.05, 4.69) is 12.2 Å². The molecule has 0 bridgehead atoms. The van der Waals surface area contributed by atoms with Crippen molar-refractivity contribution < 1.29 is 14.6 Å². The SMILES string of the molecule is CCCCCCOCC(NC)(C(=O)O)c1ccccc1. The van der Waals surface area contributed by atoms with E-state index in [0.717, 1.165) is 12.8 Å². The van der Waals surface area contributed by atoms with Crippen LogP contribution in [0.25, 0.3) is 0 Å². The van der Waals surface area contributed by atoms with E-state index in [0.29, 0.717) is 12.2 Å². The smallest absolute Gasteiger partial charge is 0.330 e. The predicted molar refractivity (Wildman–Crippen MR) is 79.8 cm³/mol. The van der Waals surface area contributed by atoms with Gasteiger partial charge in [0, 0.05) is 6.61 Å². The number of benzene rings is 1. The van der Waals surface area contributed by atoms with Crippen LogP contribution >= 0.6 is 0 Å². The fraction of sp³-hybridized carbons (Fsp3) is 0.562. The fourth-order valence-corrected chi connectivity index (χ4v) is 2.17. The summed E-state index contributed by atoms with van der Waals surface area (Å²) in [6, 6.07) is 9.17. The lowest BCUT2D eigenvalue weighted by Crippen LogP contribution is -2.51. The number of carbonyl (C=O) groups is 1. The summed E-state index contributed by atoms with van der Waals surface area (Å²) < 4.78 is 5.61. The first-order valence-electron chi connectivity index (χ1n) is 7.23. The third-order valence-electron chi connectivity index (χ3n) is 3.52. The van der Waals surface area contributed by atoms with E-state index in [1.807, 2.05) is 30.3 Å². The zero-order valence-corrected chi connectivity index (χ0v) is 12.4. The molecule has 0 heterocycles. The summed E-state index contributed by atoms with van der Waals surface area (Å²) in [5.74, 6) is -0.917. The van der Waals surface area contributed by atoms with Crippen molar-refractivity contribution in [1.29, 1.82) is 0 Å². The van der Waals surface area contributed by atoms with Crippen LogP contribution in [0, 0.1) is 0 Å². The molecule has 0 saturated carbocycles. The van der Waals surface area contributed by atoms with Crippen molar-refractivity contribution in [3.05, 3.63) is 35.9 Å². The Morgan fingerprint density at radius 1 is 1.25 bits per heavy atom. The van der Waals surface area contributed by atoms with Crippen LogP contribution in [0.5, 0.6) is 0 Å². The van der Waals surface area contributed by atoms with E-state index in [1.54, 1.807) is 7.05 Å². The minimum Gasteiger partial charge on any atom is -0.480 e. The van der Waals surface area contributed by atoms with Gasteiger partial charge in [-0.1, -0.05) is 56.5 Å². The number of carboxylic acids is 1. The van der Waals surface area contributed by atoms with Gasteiger partial charge in [0.2, 0.25) is 0 Å². The molecule has 112 valence electrons. The van der Waals surface area contributed by atoms with Crippen molar-refractivity contribution in [3.8, 4) is 0 Å². The summed E-state index contributed by atoms with van der Waals surface area (Å²) in [7, 11) is 1.65. The molecule has 0 aliphatic rings. The number of hydrogen-bond donors (Lipinski definition) is 2. The Bertz CT molecular complexity index is 394. The Balaban J connectivity index is 2.64. The van der Waals surface area contributed by atoms with Gasteiger partial charge in [-0.2, -0.15) is 0 Å². The van der Waals surface area contributed by atoms with Crippen LogP contribution in [0.2, 0.25) is 0 Å². The van der Waals surface area contributed by atoms with Crippen molar-refractivity contribution in [2.24, 2.45) is 0 Å². The highest BCUT2D eigenvalue weighted by Crippen LogP contribution is 2.22. The zero-order valence-electron chi connectivity index (χ0n) is 12.4. The summed E-state index contributed by atoms with van der Waals surface area (Å²) in [4.78, 5) is 11.7. The normalized spacial score (nSPS) is 13.9. The molecule has 1 aromatic carbocycles. The maximum atomic E-state index is 11.7. The van der Waals surface area contributed by atoms with E-state index in [4.69, 9.17) is 4.74 Å². The van der Waals surface area contributed by atoms with Crippen LogP contribution in [0.4, 0.5) is 0 Å². The zero-order chi connectivity index (χ0) is 14.8. The Kier molecular flexibility index (Phi) is 7.26. The van der Waals surface area contributed by atoms with E-state index < -0.39 is 11.5 Å². The summed E-state index contributed by atoms with van der Waals surface area (Å²) in [6.07, 6.45) is 4.47. The van der Waals surface area contributed by atoms with Gasteiger partial charge < -0.3 is 9.84 Å². The standard InChI is InChI=1S/C16H25NO3/c1-3-4-5-9-12-20-13-16(17-2,15(18)19)14-10-7-6-8-11-14/h6-8,10-11,17H,3-5,9,12-13H2,1-2H3,(H,18,19). The summed E-state index contributed by atoms with van der Waals surface area (Å²) in [6.45, 7) is 2.89. The average Bonchev–Trinajstić information content (AvgIpc) is 2.47. The Hall–Kier alpha value is -1.39. The molecule has 0 radical (unpaired) electrons. The van der Waals surface area contributed by atoms with Gasteiger partial charge in [0.15, 0.2) is 5.54 Å². The molecule has 1 atom stereocenters. The topological polar surface area (TPSA) is 58.6 Å². The number of likely N-dealkylation sites (N-methyl/N-ethyl adjacent to an activating group) is 1. The first kappa shape index (κ1) is 16.7. The molecule has 0 aliphatic heterocycles. The minimum absolute atomic E-state index is 0.134. The Morgan fingerprint density at radius 2 is 1.95 bits per heavy atom. The molecule has 0 amide bonds. The predicted octanol–water partition coefficient (Wildman–Crippen LogP) is 2.78. The van der Waals surface area contributed by atoms with Gasteiger partial charge in [-0.15, -0.1) is 0 Å². The van der Waals surface area contributed by atoms with Crippen molar-refractivity contribution in [1.82, 2.24) is 5.32 Å². The number of ether oxygens (including phenoxy) is 1. The van der Waals surface area contributed by atoms with Gasteiger partial charge in [-0.25, -0.2) is 4.79 Å². The molecule has 20 heavy (non-hydrogen) atoms. The van der Waals surface area contributed by atoms with Crippen LogP contribution < -0.4 is 5.32 Å². The summed E-state index contributed by atoms with van der Waals surface area (Å²) >= 11 is 0. The van der Waals surface area contributed by atoms with Crippen molar-refractivity contribution in [2.75, 3.05) is 20.3 Å². The molecule has 4 heteroatoms. The van der Waals surface area contributed by atoms with Gasteiger partial charge in [0.1, 0.15) is 0 Å². The number of hydrogen-bond acceptors (Lipinski definition) is 3. The second-order valence-corrected chi connectivity index (χ2v) is 4.94. The maximum Gasteiger partial charge on any atom is 0.330 e. The van der Waals surface area contributed by atoms with Crippen LogP contribution in [0.15, 0.2) is 30.3 Å². The van der Waals surface area contributed by atoms with Gasteiger partial charge >= 0.3 is 5.97 Å².